The summed E-state index contributed by atoms with van der Waals surface area (Å²) in [6.07, 6.45) is -10.8. The van der Waals surface area contributed by atoms with Crippen LogP contribution in [0.3, 0.4) is 0 Å². The maximum absolute atomic E-state index is 12.5. The second-order valence-corrected chi connectivity index (χ2v) is 3.50. The molecule has 0 bridgehead atoms. The fraction of sp³-hybridized carbons (Fsp3) is 0.222. The summed E-state index contributed by atoms with van der Waals surface area (Å²) >= 11 is 4.85. The lowest BCUT2D eigenvalue weighted by Gasteiger charge is -2.17. The highest BCUT2D eigenvalue weighted by Gasteiger charge is 2.46. The molecule has 2 nitrogen and oxygen atoms in total. The van der Waals surface area contributed by atoms with Crippen molar-refractivity contribution in [3.05, 3.63) is 28.8 Å². The number of benzene rings is 1. The Hall–Kier alpha value is -1.44. The van der Waals surface area contributed by atoms with E-state index in [1.807, 2.05) is 0 Å². The van der Waals surface area contributed by atoms with E-state index in [0.717, 1.165) is 0 Å². The predicted octanol–water partition coefficient (Wildman–Crippen LogP) is 3.81. The van der Waals surface area contributed by atoms with Crippen molar-refractivity contribution in [3.63, 3.8) is 0 Å². The summed E-state index contributed by atoms with van der Waals surface area (Å²) in [5.74, 6) is -1.84. The van der Waals surface area contributed by atoms with Gasteiger partial charge < -0.3 is 5.11 Å². The highest BCUT2D eigenvalue weighted by atomic mass is 35.5. The number of carbonyl (C=O) groups excluding carboxylic acids is 1. The molecule has 0 heterocycles. The third-order valence-corrected chi connectivity index (χ3v) is 2.18. The zero-order valence-corrected chi connectivity index (χ0v) is 8.91. The van der Waals surface area contributed by atoms with E-state index in [1.165, 1.54) is 0 Å². The van der Waals surface area contributed by atoms with Gasteiger partial charge in [-0.3, -0.25) is 4.79 Å². The Morgan fingerprint density at radius 2 is 1.56 bits per heavy atom. The number of carbonyl (C=O) groups is 1. The molecule has 1 N–H and O–H groups in total. The van der Waals surface area contributed by atoms with Crippen molar-refractivity contribution < 1.29 is 36.2 Å². The summed E-state index contributed by atoms with van der Waals surface area (Å²) in [6.45, 7) is 0. The molecule has 0 fully saturated rings. The number of alkyl halides is 6. The minimum absolute atomic E-state index is 0.0398. The molecule has 18 heavy (non-hydrogen) atoms. The molecule has 0 spiro atoms. The van der Waals surface area contributed by atoms with Crippen LogP contribution in [0.2, 0.25) is 0 Å². The highest BCUT2D eigenvalue weighted by Crippen LogP contribution is 2.45. The molecule has 9 heteroatoms. The number of hydrogen-bond acceptors (Lipinski definition) is 2. The first-order valence-electron chi connectivity index (χ1n) is 4.16. The van der Waals surface area contributed by atoms with Crippen LogP contribution in [0.15, 0.2) is 12.1 Å². The Labute approximate surface area is 101 Å². The van der Waals surface area contributed by atoms with Gasteiger partial charge in [0.05, 0.1) is 11.1 Å². The van der Waals surface area contributed by atoms with Gasteiger partial charge in [-0.25, -0.2) is 0 Å². The third-order valence-electron chi connectivity index (χ3n) is 1.98. The van der Waals surface area contributed by atoms with Gasteiger partial charge in [0.15, 0.2) is 0 Å². The molecular formula is C9H3ClF6O2. The average Bonchev–Trinajstić information content (AvgIpc) is 2.12. The maximum atomic E-state index is 12.5. The summed E-state index contributed by atoms with van der Waals surface area (Å²) in [7, 11) is 0. The van der Waals surface area contributed by atoms with Gasteiger partial charge in [0.2, 0.25) is 0 Å². The lowest BCUT2D eigenvalue weighted by molar-refractivity contribution is -0.163. The van der Waals surface area contributed by atoms with Crippen LogP contribution in [-0.4, -0.2) is 10.3 Å². The Bertz CT molecular complexity index is 491. The largest absolute Gasteiger partial charge is 0.506 e. The van der Waals surface area contributed by atoms with Crippen LogP contribution < -0.4 is 0 Å². The van der Waals surface area contributed by atoms with Crippen molar-refractivity contribution in [2.75, 3.05) is 0 Å². The van der Waals surface area contributed by atoms with Crippen molar-refractivity contribution >= 4 is 16.8 Å². The molecule has 1 rings (SSSR count). The van der Waals surface area contributed by atoms with Gasteiger partial charge in [0.25, 0.3) is 5.24 Å². The standard InChI is InChI=1S/C9H3ClF6O2/c10-7(18)3-1-2-4(8(11,12)13)5(6(3)17)9(14,15)16/h1-2,17H. The molecule has 0 atom stereocenters. The molecule has 0 radical (unpaired) electrons. The van der Waals surface area contributed by atoms with Crippen molar-refractivity contribution in [1.29, 1.82) is 0 Å². The van der Waals surface area contributed by atoms with E-state index in [0.29, 0.717) is 6.07 Å². The van der Waals surface area contributed by atoms with Crippen LogP contribution in [0.25, 0.3) is 0 Å². The van der Waals surface area contributed by atoms with Gasteiger partial charge in [-0.15, -0.1) is 0 Å². The maximum Gasteiger partial charge on any atom is 0.420 e. The summed E-state index contributed by atoms with van der Waals surface area (Å²) in [5.41, 5.74) is -5.47. The number of rotatable bonds is 1. The van der Waals surface area contributed by atoms with Crippen molar-refractivity contribution in [2.45, 2.75) is 12.4 Å². The normalized spacial score (nSPS) is 12.6. The minimum Gasteiger partial charge on any atom is -0.506 e. The highest BCUT2D eigenvalue weighted by molar-refractivity contribution is 6.68. The van der Waals surface area contributed by atoms with Gasteiger partial charge in [0, 0.05) is 0 Å². The molecule has 0 saturated heterocycles. The zero-order chi connectivity index (χ0) is 14.3. The quantitative estimate of drug-likeness (QED) is 0.631. The number of aromatic hydroxyl groups is 1. The first-order chi connectivity index (χ1) is 7.96. The van der Waals surface area contributed by atoms with Crippen molar-refractivity contribution in [3.8, 4) is 5.75 Å². The van der Waals surface area contributed by atoms with Gasteiger partial charge in [-0.1, -0.05) is 0 Å². The van der Waals surface area contributed by atoms with E-state index < -0.39 is 40.0 Å². The fourth-order valence-corrected chi connectivity index (χ4v) is 1.43. The van der Waals surface area contributed by atoms with Crippen LogP contribution in [0, 0.1) is 0 Å². The fourth-order valence-electron chi connectivity index (χ4n) is 1.27. The van der Waals surface area contributed by atoms with Gasteiger partial charge in [-0.05, 0) is 23.7 Å². The van der Waals surface area contributed by atoms with Crippen LogP contribution in [-0.2, 0) is 12.4 Å². The summed E-state index contributed by atoms with van der Waals surface area (Å²) < 4.78 is 74.5. The van der Waals surface area contributed by atoms with E-state index in [-0.39, 0.29) is 6.07 Å². The first kappa shape index (κ1) is 14.6. The SMILES string of the molecule is O=C(Cl)c1ccc(C(F)(F)F)c(C(F)(F)F)c1O. The monoisotopic (exact) mass is 292 g/mol. The zero-order valence-electron chi connectivity index (χ0n) is 8.16. The average molecular weight is 293 g/mol. The topological polar surface area (TPSA) is 37.3 Å². The Morgan fingerprint density at radius 3 is 1.89 bits per heavy atom. The van der Waals surface area contributed by atoms with E-state index in [2.05, 4.69) is 0 Å². The summed E-state index contributed by atoms with van der Waals surface area (Å²) in [6, 6.07) is 0.418. The number of halogens is 7. The molecule has 0 aliphatic rings. The first-order valence-corrected chi connectivity index (χ1v) is 4.54. The second kappa shape index (κ2) is 4.34. The predicted molar refractivity (Wildman–Crippen MR) is 48.3 cm³/mol. The van der Waals surface area contributed by atoms with Gasteiger partial charge >= 0.3 is 12.4 Å². The molecule has 0 aliphatic heterocycles. The molecule has 0 amide bonds. The van der Waals surface area contributed by atoms with Crippen LogP contribution in [0.5, 0.6) is 5.75 Å². The molecule has 100 valence electrons. The molecular weight excluding hydrogens is 290 g/mol. The molecule has 0 aliphatic carbocycles. The molecule has 1 aromatic rings. The number of hydrogen-bond donors (Lipinski definition) is 1. The van der Waals surface area contributed by atoms with Crippen molar-refractivity contribution in [1.82, 2.24) is 0 Å². The lowest BCUT2D eigenvalue weighted by Crippen LogP contribution is -2.17. The van der Waals surface area contributed by atoms with E-state index >= 15 is 0 Å². The summed E-state index contributed by atoms with van der Waals surface area (Å²) in [4.78, 5) is 10.7. The van der Waals surface area contributed by atoms with Crippen LogP contribution in [0.4, 0.5) is 26.3 Å². The van der Waals surface area contributed by atoms with E-state index in [4.69, 9.17) is 16.7 Å². The molecule has 1 aromatic carbocycles. The van der Waals surface area contributed by atoms with E-state index in [1.54, 1.807) is 0 Å². The Balaban J connectivity index is 3.69. The molecule has 0 aromatic heterocycles. The number of phenolic OH excluding ortho intramolecular Hbond substituents is 1. The Kier molecular flexibility index (Phi) is 3.53. The van der Waals surface area contributed by atoms with Crippen LogP contribution >= 0.6 is 11.6 Å². The van der Waals surface area contributed by atoms with Crippen LogP contribution in [0.1, 0.15) is 21.5 Å². The lowest BCUT2D eigenvalue weighted by atomic mass is 10.0. The third kappa shape index (κ3) is 2.69. The van der Waals surface area contributed by atoms with Gasteiger partial charge in [-0.2, -0.15) is 26.3 Å². The minimum atomic E-state index is -5.47. The second-order valence-electron chi connectivity index (χ2n) is 3.15. The van der Waals surface area contributed by atoms with Gasteiger partial charge in [0.1, 0.15) is 11.3 Å². The Morgan fingerprint density at radius 1 is 1.06 bits per heavy atom. The smallest absolute Gasteiger partial charge is 0.420 e. The molecule has 0 saturated carbocycles. The summed E-state index contributed by atoms with van der Waals surface area (Å²) in [5, 5.41) is 7.62. The molecule has 0 unspecified atom stereocenters. The number of phenols is 1. The van der Waals surface area contributed by atoms with E-state index in [9.17, 15) is 31.1 Å². The van der Waals surface area contributed by atoms with Crippen molar-refractivity contribution in [2.24, 2.45) is 0 Å².